The van der Waals surface area contributed by atoms with Crippen LogP contribution in [-0.4, -0.2) is 6.71 Å². The molecule has 13 aromatic carbocycles. The topological polar surface area (TPSA) is 49.1 Å². The Kier molecular flexibility index (Phi) is 12.5. The Morgan fingerprint density at radius 2 is 0.816 bits per heavy atom. The van der Waals surface area contributed by atoms with Crippen LogP contribution in [0, 0.1) is 0 Å². The van der Waals surface area contributed by atoms with Crippen molar-refractivity contribution in [2.45, 2.75) is 71.6 Å². The number of hydrogen-bond donors (Lipinski definition) is 0. The number of benzene rings is 13. The number of fused-ring (bicyclic) bond motifs is 13. The van der Waals surface area contributed by atoms with Gasteiger partial charge in [-0.3, -0.25) is 0 Å². The van der Waals surface area contributed by atoms with E-state index in [1.165, 1.54) is 60.5 Å². The summed E-state index contributed by atoms with van der Waals surface area (Å²) in [5, 5.41) is 8.01. The van der Waals surface area contributed by atoms with Crippen molar-refractivity contribution in [3.8, 4) is 45.1 Å². The fraction of sp³-hybridized carbons (Fsp3) is 0.121. The van der Waals surface area contributed by atoms with Crippen molar-refractivity contribution < 1.29 is 13.3 Å². The summed E-state index contributed by atoms with van der Waals surface area (Å²) in [5.74, 6) is 2.52. The molecule has 3 aromatic heterocycles. The second kappa shape index (κ2) is 21.2. The molecular weight excluding hydrogens is 1190 g/mol. The summed E-state index contributed by atoms with van der Waals surface area (Å²) in [6.07, 6.45) is 0. The summed E-state index contributed by atoms with van der Waals surface area (Å²) in [5.41, 5.74) is 26.3. The standard InChI is InChI=1S/C91H70BN3O3/c1-89(2,3)64-32-38-67(39-33-64)95-78-44-34-65(90(4,5)6)51-76(78)92-75-47-63(86-50-61-20-12-16-24-83(61)98-86)31-43-77(75)94(66-35-27-56(28-36-66)84-48-59-18-10-14-22-81(59)96-84)79-53-70(54-80(95)88(79)92)93(68-37-29-57-45-62(26-25-58(57)46-68)85-49-60-19-11-15-23-82(60)97-85)69-40-41-72-74(52-69)91(7,8)73-42-30-55-17-9-13-21-71(55)87(72)73/h9-54H,1-8H3. The predicted octanol–water partition coefficient (Wildman–Crippen LogP) is 23.7. The highest BCUT2D eigenvalue weighted by Crippen LogP contribution is 2.55. The van der Waals surface area contributed by atoms with Crippen LogP contribution in [0.1, 0.15) is 77.6 Å². The molecule has 0 N–H and O–H groups in total. The van der Waals surface area contributed by atoms with Crippen LogP contribution in [0.4, 0.5) is 51.2 Å². The van der Waals surface area contributed by atoms with Crippen LogP contribution in [0.3, 0.4) is 0 Å². The van der Waals surface area contributed by atoms with Gasteiger partial charge < -0.3 is 28.0 Å². The van der Waals surface area contributed by atoms with Crippen molar-refractivity contribution in [3.05, 3.63) is 301 Å². The third kappa shape index (κ3) is 9.09. The Labute approximate surface area is 571 Å². The number of nitrogens with zero attached hydrogens (tertiary/aromatic N) is 3. The van der Waals surface area contributed by atoms with E-state index in [4.69, 9.17) is 13.3 Å². The van der Waals surface area contributed by atoms with Gasteiger partial charge in [-0.1, -0.05) is 201 Å². The highest BCUT2D eigenvalue weighted by atomic mass is 16.3. The molecule has 0 radical (unpaired) electrons. The van der Waals surface area contributed by atoms with E-state index in [0.717, 1.165) is 129 Å². The second-order valence-electron chi connectivity index (χ2n) is 29.7. The molecule has 0 spiro atoms. The first-order valence-corrected chi connectivity index (χ1v) is 34.3. The SMILES string of the molecule is CC(C)(C)c1ccc(N2c3ccc(C(C)(C)C)cc3B3c4cc(-c5cc6ccccc6o5)ccc4N(c4ccc(-c5cc6ccccc6o5)cc4)c4cc(N(c5ccc6c(c5)C(C)(C)c5ccc7ccccc7c5-6)c5ccc6cc(-c7cc8ccccc8o7)ccc6c5)cc2c43)cc1. The number of hydrogen-bond acceptors (Lipinski definition) is 6. The Balaban J connectivity index is 0.889. The Morgan fingerprint density at radius 3 is 1.43 bits per heavy atom. The summed E-state index contributed by atoms with van der Waals surface area (Å²) in [6.45, 7) is 18.5. The largest absolute Gasteiger partial charge is 0.456 e. The van der Waals surface area contributed by atoms with Crippen LogP contribution in [0.5, 0.6) is 0 Å². The highest BCUT2D eigenvalue weighted by molar-refractivity contribution is 7.00. The third-order valence-electron chi connectivity index (χ3n) is 21.3. The number of rotatable bonds is 8. The first-order chi connectivity index (χ1) is 47.5. The van der Waals surface area contributed by atoms with Crippen molar-refractivity contribution >= 4 is 129 Å². The Hall–Kier alpha value is -11.5. The van der Waals surface area contributed by atoms with E-state index >= 15 is 0 Å². The number of anilines is 9. The van der Waals surface area contributed by atoms with E-state index in [2.05, 4.69) is 319 Å². The summed E-state index contributed by atoms with van der Waals surface area (Å²) in [6, 6.07) is 103. The van der Waals surface area contributed by atoms with Gasteiger partial charge in [0.1, 0.15) is 34.0 Å². The molecule has 470 valence electrons. The molecule has 1 aliphatic carbocycles. The van der Waals surface area contributed by atoms with Crippen molar-refractivity contribution in [2.75, 3.05) is 14.7 Å². The van der Waals surface area contributed by atoms with Crippen LogP contribution in [-0.2, 0) is 16.2 Å². The second-order valence-corrected chi connectivity index (χ2v) is 29.7. The van der Waals surface area contributed by atoms with Gasteiger partial charge in [-0.15, -0.1) is 0 Å². The quantitative estimate of drug-likeness (QED) is 0.141. The van der Waals surface area contributed by atoms with Gasteiger partial charge in [0.25, 0.3) is 6.71 Å². The van der Waals surface area contributed by atoms with E-state index < -0.39 is 0 Å². The highest BCUT2D eigenvalue weighted by Gasteiger charge is 2.45. The minimum atomic E-state index is -0.302. The smallest absolute Gasteiger partial charge is 0.252 e. The van der Waals surface area contributed by atoms with Crippen LogP contribution in [0.25, 0.3) is 99.6 Å². The Bertz CT molecular complexity index is 5870. The lowest BCUT2D eigenvalue weighted by molar-refractivity contribution is 0.590. The van der Waals surface area contributed by atoms with Gasteiger partial charge in [0.2, 0.25) is 0 Å². The molecule has 0 unspecified atom stereocenters. The maximum Gasteiger partial charge on any atom is 0.252 e. The third-order valence-corrected chi connectivity index (χ3v) is 21.3. The molecule has 7 heteroatoms. The average molecular weight is 1260 g/mol. The zero-order chi connectivity index (χ0) is 66.1. The van der Waals surface area contributed by atoms with Gasteiger partial charge in [-0.2, -0.15) is 0 Å². The van der Waals surface area contributed by atoms with Crippen LogP contribution >= 0.6 is 0 Å². The monoisotopic (exact) mass is 1260 g/mol. The molecule has 0 fully saturated rings. The summed E-state index contributed by atoms with van der Waals surface area (Å²) < 4.78 is 19.8. The molecule has 0 saturated heterocycles. The molecule has 3 aliphatic rings. The van der Waals surface area contributed by atoms with Gasteiger partial charge in [0, 0.05) is 83.8 Å². The molecule has 6 nitrogen and oxygen atoms in total. The van der Waals surface area contributed by atoms with E-state index in [1.807, 2.05) is 30.3 Å². The van der Waals surface area contributed by atoms with Gasteiger partial charge in [-0.05, 0) is 216 Å². The molecule has 16 aromatic rings. The molecule has 5 heterocycles. The summed E-state index contributed by atoms with van der Waals surface area (Å²) in [7, 11) is 0. The average Bonchev–Trinajstić information content (AvgIpc) is 1.34. The zero-order valence-corrected chi connectivity index (χ0v) is 56.2. The van der Waals surface area contributed by atoms with Gasteiger partial charge in [0.05, 0.1) is 5.69 Å². The fourth-order valence-electron chi connectivity index (χ4n) is 16.2. The molecule has 2 aliphatic heterocycles. The lowest BCUT2D eigenvalue weighted by Crippen LogP contribution is -2.61. The van der Waals surface area contributed by atoms with Crippen LogP contribution in [0.15, 0.2) is 292 Å². The lowest BCUT2D eigenvalue weighted by Gasteiger charge is -2.45. The molecule has 0 atom stereocenters. The first kappa shape index (κ1) is 57.9. The van der Waals surface area contributed by atoms with Crippen LogP contribution < -0.4 is 31.1 Å². The maximum absolute atomic E-state index is 6.78. The fourth-order valence-corrected chi connectivity index (χ4v) is 16.2. The van der Waals surface area contributed by atoms with E-state index in [1.54, 1.807) is 0 Å². The number of para-hydroxylation sites is 3. The Morgan fingerprint density at radius 1 is 0.347 bits per heavy atom. The van der Waals surface area contributed by atoms with E-state index in [0.29, 0.717) is 0 Å². The molecule has 98 heavy (non-hydrogen) atoms. The maximum atomic E-state index is 6.78. The van der Waals surface area contributed by atoms with Crippen molar-refractivity contribution in [1.82, 2.24) is 0 Å². The molecule has 0 saturated carbocycles. The van der Waals surface area contributed by atoms with Crippen LogP contribution in [0.2, 0.25) is 0 Å². The minimum absolute atomic E-state index is 0.0555. The number of furan rings is 3. The molecule has 19 rings (SSSR count). The summed E-state index contributed by atoms with van der Waals surface area (Å²) >= 11 is 0. The van der Waals surface area contributed by atoms with Gasteiger partial charge in [-0.25, -0.2) is 0 Å². The van der Waals surface area contributed by atoms with Gasteiger partial charge in [0.15, 0.2) is 0 Å². The normalized spacial score (nSPS) is 13.7. The van der Waals surface area contributed by atoms with Crippen molar-refractivity contribution in [3.63, 3.8) is 0 Å². The zero-order valence-electron chi connectivity index (χ0n) is 56.2. The first-order valence-electron chi connectivity index (χ1n) is 34.3. The van der Waals surface area contributed by atoms with Crippen molar-refractivity contribution in [1.29, 1.82) is 0 Å². The van der Waals surface area contributed by atoms with Gasteiger partial charge >= 0.3 is 0 Å². The van der Waals surface area contributed by atoms with Crippen molar-refractivity contribution in [2.24, 2.45) is 0 Å². The molecular formula is C91H70BN3O3. The van der Waals surface area contributed by atoms with E-state index in [9.17, 15) is 0 Å². The lowest BCUT2D eigenvalue weighted by atomic mass is 9.33. The molecule has 0 bridgehead atoms. The molecule has 0 amide bonds. The van der Waals surface area contributed by atoms with E-state index in [-0.39, 0.29) is 23.0 Å². The predicted molar refractivity (Wildman–Crippen MR) is 411 cm³/mol. The minimum Gasteiger partial charge on any atom is -0.456 e. The summed E-state index contributed by atoms with van der Waals surface area (Å²) in [4.78, 5) is 7.62.